The van der Waals surface area contributed by atoms with Crippen LogP contribution in [0.25, 0.3) is 0 Å². The van der Waals surface area contributed by atoms with Crippen LogP contribution in [-0.4, -0.2) is 25.6 Å². The van der Waals surface area contributed by atoms with Gasteiger partial charge in [0.2, 0.25) is 0 Å². The first-order chi connectivity index (χ1) is 8.60. The molecule has 1 unspecified atom stereocenters. The molecule has 0 fully saturated rings. The number of nitriles is 1. The summed E-state index contributed by atoms with van der Waals surface area (Å²) >= 11 is 0. The Balaban J connectivity index is 3.67. The van der Waals surface area contributed by atoms with Crippen molar-refractivity contribution >= 4 is 5.96 Å². The van der Waals surface area contributed by atoms with E-state index in [-0.39, 0.29) is 0 Å². The number of nitrogens with two attached hydrogens (primary N) is 2. The minimum atomic E-state index is 0.433. The quantitative estimate of drug-likeness (QED) is 0.154. The van der Waals surface area contributed by atoms with Crippen molar-refractivity contribution in [1.29, 1.82) is 5.26 Å². The zero-order valence-electron chi connectivity index (χ0n) is 11.1. The Kier molecular flexibility index (Phi) is 9.41. The SMILES string of the molecule is C=C(CC(C)CCNC(N)=NCCCN)NC#N. The summed E-state index contributed by atoms with van der Waals surface area (Å²) < 4.78 is 0. The van der Waals surface area contributed by atoms with Gasteiger partial charge in [-0.05, 0) is 31.7 Å². The molecule has 0 spiro atoms. The molecule has 0 aliphatic rings. The Morgan fingerprint density at radius 1 is 1.56 bits per heavy atom. The number of rotatable bonds is 9. The maximum atomic E-state index is 8.43. The summed E-state index contributed by atoms with van der Waals surface area (Å²) in [4.78, 5) is 4.13. The number of nitrogens with zero attached hydrogens (tertiary/aromatic N) is 2. The van der Waals surface area contributed by atoms with Gasteiger partial charge in [-0.15, -0.1) is 0 Å². The lowest BCUT2D eigenvalue weighted by Gasteiger charge is -2.13. The lowest BCUT2D eigenvalue weighted by atomic mass is 10.0. The van der Waals surface area contributed by atoms with E-state index < -0.39 is 0 Å². The van der Waals surface area contributed by atoms with Crippen LogP contribution in [0.5, 0.6) is 0 Å². The number of guanidine groups is 1. The summed E-state index contributed by atoms with van der Waals surface area (Å²) in [6.07, 6.45) is 4.43. The fourth-order valence-corrected chi connectivity index (χ4v) is 1.45. The normalized spacial score (nSPS) is 12.6. The molecule has 0 rings (SSSR count). The van der Waals surface area contributed by atoms with Gasteiger partial charge >= 0.3 is 0 Å². The zero-order chi connectivity index (χ0) is 13.8. The molecule has 6 nitrogen and oxygen atoms in total. The number of hydrogen-bond donors (Lipinski definition) is 4. The van der Waals surface area contributed by atoms with Gasteiger partial charge in [0.1, 0.15) is 0 Å². The Bertz CT molecular complexity index is 304. The van der Waals surface area contributed by atoms with Gasteiger partial charge in [-0.3, -0.25) is 10.3 Å². The molecule has 0 amide bonds. The summed E-state index contributed by atoms with van der Waals surface area (Å²) in [5.74, 6) is 0.896. The fraction of sp³-hybridized carbons (Fsp3) is 0.667. The second kappa shape index (κ2) is 10.4. The number of allylic oxidation sites excluding steroid dienone is 1. The molecule has 18 heavy (non-hydrogen) atoms. The maximum absolute atomic E-state index is 8.43. The van der Waals surface area contributed by atoms with E-state index in [1.807, 2.05) is 6.19 Å². The van der Waals surface area contributed by atoms with Gasteiger partial charge < -0.3 is 16.8 Å². The molecule has 0 saturated heterocycles. The smallest absolute Gasteiger partial charge is 0.188 e. The van der Waals surface area contributed by atoms with Gasteiger partial charge in [0.25, 0.3) is 0 Å². The lowest BCUT2D eigenvalue weighted by Crippen LogP contribution is -2.33. The Labute approximate surface area is 109 Å². The van der Waals surface area contributed by atoms with Gasteiger partial charge in [-0.1, -0.05) is 13.5 Å². The van der Waals surface area contributed by atoms with Crippen molar-refractivity contribution < 1.29 is 0 Å². The first kappa shape index (κ1) is 16.3. The molecule has 0 bridgehead atoms. The van der Waals surface area contributed by atoms with Crippen molar-refractivity contribution in [3.63, 3.8) is 0 Å². The van der Waals surface area contributed by atoms with Crippen LogP contribution in [0.2, 0.25) is 0 Å². The van der Waals surface area contributed by atoms with E-state index in [0.29, 0.717) is 25.0 Å². The summed E-state index contributed by atoms with van der Waals surface area (Å²) in [5, 5.41) is 14.0. The third-order valence-electron chi connectivity index (χ3n) is 2.42. The van der Waals surface area contributed by atoms with Crippen LogP contribution in [0.3, 0.4) is 0 Å². The number of hydrogen-bond acceptors (Lipinski definition) is 4. The molecule has 0 radical (unpaired) electrons. The highest BCUT2D eigenvalue weighted by Crippen LogP contribution is 2.10. The van der Waals surface area contributed by atoms with Crippen molar-refractivity contribution in [3.05, 3.63) is 12.3 Å². The van der Waals surface area contributed by atoms with Crippen LogP contribution in [0.15, 0.2) is 17.3 Å². The number of aliphatic imine (C=N–C) groups is 1. The summed E-state index contributed by atoms with van der Waals surface area (Å²) in [6, 6.07) is 0. The predicted octanol–water partition coefficient (Wildman–Crippen LogP) is 0.240. The first-order valence-electron chi connectivity index (χ1n) is 6.16. The van der Waals surface area contributed by atoms with Crippen molar-refractivity contribution in [2.24, 2.45) is 22.4 Å². The van der Waals surface area contributed by atoms with Crippen LogP contribution in [0.4, 0.5) is 0 Å². The molecule has 6 heteroatoms. The first-order valence-corrected chi connectivity index (χ1v) is 6.16. The van der Waals surface area contributed by atoms with Crippen LogP contribution in [0, 0.1) is 17.4 Å². The second-order valence-corrected chi connectivity index (χ2v) is 4.27. The third-order valence-corrected chi connectivity index (χ3v) is 2.42. The highest BCUT2D eigenvalue weighted by molar-refractivity contribution is 5.77. The van der Waals surface area contributed by atoms with E-state index in [9.17, 15) is 0 Å². The van der Waals surface area contributed by atoms with Gasteiger partial charge in [-0.2, -0.15) is 5.26 Å². The molecular weight excluding hydrogens is 228 g/mol. The molecule has 1 atom stereocenters. The highest BCUT2D eigenvalue weighted by Gasteiger charge is 2.04. The highest BCUT2D eigenvalue weighted by atomic mass is 15.1. The Morgan fingerprint density at radius 2 is 2.28 bits per heavy atom. The monoisotopic (exact) mass is 252 g/mol. The largest absolute Gasteiger partial charge is 0.370 e. The van der Waals surface area contributed by atoms with E-state index in [2.05, 4.69) is 29.1 Å². The fourth-order valence-electron chi connectivity index (χ4n) is 1.45. The van der Waals surface area contributed by atoms with Gasteiger partial charge in [0.05, 0.1) is 0 Å². The van der Waals surface area contributed by atoms with E-state index in [1.54, 1.807) is 0 Å². The zero-order valence-corrected chi connectivity index (χ0v) is 11.1. The van der Waals surface area contributed by atoms with E-state index in [1.165, 1.54) is 0 Å². The standard InChI is InChI=1S/C12H24N6/c1-10(8-11(2)18-9-14)4-7-17-12(15)16-6-3-5-13/h10,18H,2-8,13H2,1H3,(H3,15,16,17). The molecular formula is C12H24N6. The molecule has 0 aromatic carbocycles. The average Bonchev–Trinajstić information content (AvgIpc) is 2.29. The minimum Gasteiger partial charge on any atom is -0.370 e. The Hall–Kier alpha value is -1.74. The maximum Gasteiger partial charge on any atom is 0.188 e. The number of nitrogens with one attached hydrogen (secondary N) is 2. The molecule has 0 aliphatic carbocycles. The Morgan fingerprint density at radius 3 is 2.89 bits per heavy atom. The molecule has 0 aromatic rings. The van der Waals surface area contributed by atoms with Crippen molar-refractivity contribution in [3.8, 4) is 6.19 Å². The van der Waals surface area contributed by atoms with E-state index in [0.717, 1.165) is 31.5 Å². The van der Waals surface area contributed by atoms with Crippen LogP contribution in [-0.2, 0) is 0 Å². The van der Waals surface area contributed by atoms with Crippen LogP contribution in [0.1, 0.15) is 26.2 Å². The van der Waals surface area contributed by atoms with Crippen molar-refractivity contribution in [2.45, 2.75) is 26.2 Å². The molecule has 6 N–H and O–H groups in total. The van der Waals surface area contributed by atoms with Gasteiger partial charge in [0, 0.05) is 18.8 Å². The summed E-state index contributed by atoms with van der Waals surface area (Å²) in [7, 11) is 0. The van der Waals surface area contributed by atoms with Crippen molar-refractivity contribution in [2.75, 3.05) is 19.6 Å². The summed E-state index contributed by atoms with van der Waals surface area (Å²) in [5.41, 5.74) is 11.8. The summed E-state index contributed by atoms with van der Waals surface area (Å²) in [6.45, 7) is 7.92. The topological polar surface area (TPSA) is 112 Å². The molecule has 0 saturated carbocycles. The van der Waals surface area contributed by atoms with Crippen molar-refractivity contribution in [1.82, 2.24) is 10.6 Å². The van der Waals surface area contributed by atoms with Gasteiger partial charge in [0.15, 0.2) is 12.2 Å². The molecule has 0 aromatic heterocycles. The van der Waals surface area contributed by atoms with E-state index >= 15 is 0 Å². The minimum absolute atomic E-state index is 0.433. The second-order valence-electron chi connectivity index (χ2n) is 4.27. The molecule has 0 heterocycles. The molecule has 102 valence electrons. The van der Waals surface area contributed by atoms with Crippen LogP contribution < -0.4 is 22.1 Å². The third kappa shape index (κ3) is 9.48. The molecule has 0 aliphatic heterocycles. The average molecular weight is 252 g/mol. The van der Waals surface area contributed by atoms with Gasteiger partial charge in [-0.25, -0.2) is 0 Å². The van der Waals surface area contributed by atoms with E-state index in [4.69, 9.17) is 16.7 Å². The van der Waals surface area contributed by atoms with Crippen LogP contribution >= 0.6 is 0 Å². The lowest BCUT2D eigenvalue weighted by molar-refractivity contribution is 0.515. The predicted molar refractivity (Wildman–Crippen MR) is 74.5 cm³/mol.